The molecule has 0 radical (unpaired) electrons. The van der Waals surface area contributed by atoms with Crippen LogP contribution in [-0.4, -0.2) is 36.4 Å². The highest BCUT2D eigenvalue weighted by molar-refractivity contribution is 7.92. The van der Waals surface area contributed by atoms with Gasteiger partial charge in [-0.2, -0.15) is 5.10 Å². The van der Waals surface area contributed by atoms with Crippen LogP contribution in [0.5, 0.6) is 5.75 Å². The first kappa shape index (κ1) is 16.8. The number of rotatable bonds is 5. The molecule has 9 heteroatoms. The Hall–Kier alpha value is -2.55. The molecule has 0 fully saturated rings. The molecule has 0 aliphatic carbocycles. The van der Waals surface area contributed by atoms with Crippen LogP contribution in [0.15, 0.2) is 23.1 Å². The summed E-state index contributed by atoms with van der Waals surface area (Å²) in [7, 11) is -0.965. The smallest absolute Gasteiger partial charge is 0.354 e. The van der Waals surface area contributed by atoms with Gasteiger partial charge in [-0.15, -0.1) is 0 Å². The lowest BCUT2D eigenvalue weighted by Crippen LogP contribution is -2.15. The molecule has 0 aliphatic rings. The lowest BCUT2D eigenvalue weighted by molar-refractivity contribution is 0.0685. The van der Waals surface area contributed by atoms with E-state index in [2.05, 4.69) is 9.82 Å². The van der Waals surface area contributed by atoms with Gasteiger partial charge < -0.3 is 9.84 Å². The van der Waals surface area contributed by atoms with Gasteiger partial charge in [0.05, 0.1) is 12.0 Å². The number of anilines is 1. The van der Waals surface area contributed by atoms with E-state index in [4.69, 9.17) is 9.84 Å². The van der Waals surface area contributed by atoms with Gasteiger partial charge in [0, 0.05) is 13.1 Å². The van der Waals surface area contributed by atoms with Crippen molar-refractivity contribution >= 4 is 21.8 Å². The number of benzene rings is 1. The number of hydrogen-bond donors (Lipinski definition) is 2. The Morgan fingerprint density at radius 3 is 2.43 bits per heavy atom. The van der Waals surface area contributed by atoms with E-state index in [1.54, 1.807) is 19.9 Å². The molecule has 0 amide bonds. The molecule has 8 nitrogen and oxygen atoms in total. The van der Waals surface area contributed by atoms with Crippen molar-refractivity contribution < 1.29 is 23.1 Å². The second kappa shape index (κ2) is 5.92. The summed E-state index contributed by atoms with van der Waals surface area (Å²) in [6.07, 6.45) is 0. The van der Waals surface area contributed by atoms with Crippen molar-refractivity contribution in [2.45, 2.75) is 18.7 Å². The molecular weight excluding hydrogens is 322 g/mol. The number of nitrogens with one attached hydrogen (secondary N) is 1. The Labute approximate surface area is 133 Å². The molecule has 2 N–H and O–H groups in total. The Bertz CT molecular complexity index is 871. The maximum absolute atomic E-state index is 12.5. The highest BCUT2D eigenvalue weighted by atomic mass is 32.2. The topological polar surface area (TPSA) is 111 Å². The van der Waals surface area contributed by atoms with Gasteiger partial charge in [0.15, 0.2) is 5.82 Å². The molecule has 0 bridgehead atoms. The third-order valence-corrected chi connectivity index (χ3v) is 4.82. The van der Waals surface area contributed by atoms with Crippen LogP contribution in [0.4, 0.5) is 5.82 Å². The van der Waals surface area contributed by atoms with E-state index in [1.165, 1.54) is 20.2 Å². The molecule has 0 unspecified atom stereocenters. The number of ether oxygens (including phenoxy) is 1. The van der Waals surface area contributed by atoms with Crippen LogP contribution in [0.3, 0.4) is 0 Å². The number of aryl methyl sites for hydroxylation is 3. The van der Waals surface area contributed by atoms with Gasteiger partial charge in [-0.3, -0.25) is 9.40 Å². The summed E-state index contributed by atoms with van der Waals surface area (Å²) < 4.78 is 33.6. The van der Waals surface area contributed by atoms with Crippen LogP contribution < -0.4 is 9.46 Å². The molecule has 1 aromatic heterocycles. The summed E-state index contributed by atoms with van der Waals surface area (Å²) in [5.74, 6) is -0.660. The minimum absolute atomic E-state index is 0.0576. The molecule has 2 rings (SSSR count). The molecule has 2 aromatic rings. The minimum Gasteiger partial charge on any atom is -0.496 e. The predicted molar refractivity (Wildman–Crippen MR) is 83.4 cm³/mol. The monoisotopic (exact) mass is 339 g/mol. The molecular formula is C14H17N3O5S. The minimum atomic E-state index is -3.89. The van der Waals surface area contributed by atoms with E-state index in [1.807, 2.05) is 0 Å². The first-order valence-electron chi connectivity index (χ1n) is 6.61. The lowest BCUT2D eigenvalue weighted by Gasteiger charge is -2.12. The quantitative estimate of drug-likeness (QED) is 0.855. The number of carbonyl (C=O) groups is 1. The predicted octanol–water partition coefficient (Wildman–Crippen LogP) is 1.54. The number of carboxylic acid groups (broad SMARTS) is 1. The van der Waals surface area contributed by atoms with Crippen molar-refractivity contribution in [1.29, 1.82) is 0 Å². The van der Waals surface area contributed by atoms with E-state index in [0.29, 0.717) is 16.9 Å². The number of aromatic nitrogens is 2. The van der Waals surface area contributed by atoms with Crippen LogP contribution in [0.2, 0.25) is 0 Å². The van der Waals surface area contributed by atoms with E-state index >= 15 is 0 Å². The third kappa shape index (κ3) is 3.29. The number of hydrogen-bond acceptors (Lipinski definition) is 5. The van der Waals surface area contributed by atoms with Crippen LogP contribution in [-0.2, 0) is 17.1 Å². The van der Waals surface area contributed by atoms with Gasteiger partial charge in [0.1, 0.15) is 11.4 Å². The van der Waals surface area contributed by atoms with Crippen LogP contribution in [0.1, 0.15) is 21.6 Å². The maximum Gasteiger partial charge on any atom is 0.354 e. The van der Waals surface area contributed by atoms with E-state index < -0.39 is 16.0 Å². The largest absolute Gasteiger partial charge is 0.496 e. The van der Waals surface area contributed by atoms with Gasteiger partial charge in [-0.05, 0) is 37.1 Å². The molecule has 1 aromatic carbocycles. The molecule has 23 heavy (non-hydrogen) atoms. The summed E-state index contributed by atoms with van der Waals surface area (Å²) in [4.78, 5) is 11.1. The lowest BCUT2D eigenvalue weighted by atomic mass is 10.1. The van der Waals surface area contributed by atoms with Gasteiger partial charge in [0.25, 0.3) is 10.0 Å². The fraction of sp³-hybridized carbons (Fsp3) is 0.286. The van der Waals surface area contributed by atoms with Crippen LogP contribution in [0.25, 0.3) is 0 Å². The summed E-state index contributed by atoms with van der Waals surface area (Å²) in [6.45, 7) is 3.39. The second-order valence-corrected chi connectivity index (χ2v) is 6.69. The van der Waals surface area contributed by atoms with Gasteiger partial charge in [-0.1, -0.05) is 0 Å². The molecule has 0 saturated heterocycles. The normalized spacial score (nSPS) is 11.3. The molecule has 1 heterocycles. The fourth-order valence-corrected chi connectivity index (χ4v) is 3.48. The Balaban J connectivity index is 2.42. The molecule has 0 aliphatic heterocycles. The van der Waals surface area contributed by atoms with Crippen molar-refractivity contribution in [3.05, 3.63) is 35.0 Å². The van der Waals surface area contributed by atoms with Crippen LogP contribution in [0, 0.1) is 13.8 Å². The zero-order valence-electron chi connectivity index (χ0n) is 13.1. The summed E-state index contributed by atoms with van der Waals surface area (Å²) in [6, 6.07) is 4.29. The fourth-order valence-electron chi connectivity index (χ4n) is 2.18. The highest BCUT2D eigenvalue weighted by Crippen LogP contribution is 2.26. The Kier molecular flexibility index (Phi) is 4.33. The van der Waals surface area contributed by atoms with Crippen molar-refractivity contribution in [3.8, 4) is 5.75 Å². The summed E-state index contributed by atoms with van der Waals surface area (Å²) in [5.41, 5.74) is 1.06. The molecule has 124 valence electrons. The third-order valence-electron chi connectivity index (χ3n) is 3.32. The zero-order chi connectivity index (χ0) is 17.4. The van der Waals surface area contributed by atoms with E-state index in [9.17, 15) is 13.2 Å². The summed E-state index contributed by atoms with van der Waals surface area (Å²) >= 11 is 0. The first-order valence-corrected chi connectivity index (χ1v) is 8.09. The van der Waals surface area contributed by atoms with E-state index in [0.717, 1.165) is 10.7 Å². The van der Waals surface area contributed by atoms with Gasteiger partial charge in [-0.25, -0.2) is 13.2 Å². The van der Waals surface area contributed by atoms with Gasteiger partial charge >= 0.3 is 5.97 Å². The Morgan fingerprint density at radius 1 is 1.26 bits per heavy atom. The standard InChI is InChI=1S/C14H17N3O5S/c1-8-6-12(9(2)5-11(8)22-4)23(20,21)16-13-7-10(14(18)19)17(3)15-13/h5-7H,1-4H3,(H,15,16)(H,18,19). The number of nitrogens with zero attached hydrogens (tertiary/aromatic N) is 2. The summed E-state index contributed by atoms with van der Waals surface area (Å²) in [5, 5.41) is 12.8. The zero-order valence-corrected chi connectivity index (χ0v) is 13.9. The average Bonchev–Trinajstić information content (AvgIpc) is 2.80. The highest BCUT2D eigenvalue weighted by Gasteiger charge is 2.21. The molecule has 0 saturated carbocycles. The van der Waals surface area contributed by atoms with E-state index in [-0.39, 0.29) is 16.4 Å². The Morgan fingerprint density at radius 2 is 1.91 bits per heavy atom. The van der Waals surface area contributed by atoms with Crippen LogP contribution >= 0.6 is 0 Å². The number of sulfonamides is 1. The van der Waals surface area contributed by atoms with Crippen molar-refractivity contribution in [2.24, 2.45) is 7.05 Å². The first-order chi connectivity index (χ1) is 10.7. The molecule has 0 spiro atoms. The number of carboxylic acids is 1. The van der Waals surface area contributed by atoms with Crippen molar-refractivity contribution in [1.82, 2.24) is 9.78 Å². The molecule has 0 atom stereocenters. The number of aromatic carboxylic acids is 1. The maximum atomic E-state index is 12.5. The average molecular weight is 339 g/mol. The number of methoxy groups -OCH3 is 1. The van der Waals surface area contributed by atoms with Crippen molar-refractivity contribution in [3.63, 3.8) is 0 Å². The SMILES string of the molecule is COc1cc(C)c(S(=O)(=O)Nc2cc(C(=O)O)n(C)n2)cc1C. The second-order valence-electron chi connectivity index (χ2n) is 5.04. The van der Waals surface area contributed by atoms with Gasteiger partial charge in [0.2, 0.25) is 0 Å². The van der Waals surface area contributed by atoms with Crippen molar-refractivity contribution in [2.75, 3.05) is 11.8 Å².